The van der Waals surface area contributed by atoms with Crippen molar-refractivity contribution in [1.82, 2.24) is 5.32 Å². The first-order valence-electron chi connectivity index (χ1n) is 7.15. The molecular formula is C16H23Cl2N. The summed E-state index contributed by atoms with van der Waals surface area (Å²) in [6.45, 7) is 8.83. The van der Waals surface area contributed by atoms with E-state index in [1.165, 1.54) is 18.4 Å². The molecule has 1 aromatic rings. The van der Waals surface area contributed by atoms with E-state index < -0.39 is 0 Å². The van der Waals surface area contributed by atoms with Crippen molar-refractivity contribution in [2.45, 2.75) is 39.0 Å². The van der Waals surface area contributed by atoms with Gasteiger partial charge in [0, 0.05) is 12.0 Å². The van der Waals surface area contributed by atoms with Gasteiger partial charge in [0.15, 0.2) is 0 Å². The first-order valence-corrected chi connectivity index (χ1v) is 7.90. The van der Waals surface area contributed by atoms with Crippen LogP contribution in [0.15, 0.2) is 18.2 Å². The average molecular weight is 300 g/mol. The highest BCUT2D eigenvalue weighted by atomic mass is 35.5. The summed E-state index contributed by atoms with van der Waals surface area (Å²) in [7, 11) is 0. The maximum Gasteiger partial charge on any atom is 0.0595 e. The van der Waals surface area contributed by atoms with E-state index in [1.54, 1.807) is 0 Å². The van der Waals surface area contributed by atoms with Gasteiger partial charge in [0.25, 0.3) is 0 Å². The van der Waals surface area contributed by atoms with E-state index in [0.29, 0.717) is 10.0 Å². The Kier molecular flexibility index (Phi) is 4.81. The van der Waals surface area contributed by atoms with Crippen LogP contribution in [0.3, 0.4) is 0 Å². The highest BCUT2D eigenvalue weighted by Crippen LogP contribution is 2.51. The van der Waals surface area contributed by atoms with E-state index in [-0.39, 0.29) is 5.41 Å². The maximum absolute atomic E-state index is 6.18. The van der Waals surface area contributed by atoms with Gasteiger partial charge >= 0.3 is 0 Å². The van der Waals surface area contributed by atoms with Gasteiger partial charge < -0.3 is 5.32 Å². The van der Waals surface area contributed by atoms with E-state index in [1.807, 2.05) is 6.07 Å². The van der Waals surface area contributed by atoms with Crippen molar-refractivity contribution in [2.24, 2.45) is 11.8 Å². The number of nitrogens with one attached hydrogen (secondary N) is 1. The fraction of sp³-hybridized carbons (Fsp3) is 0.625. The molecule has 1 nitrogen and oxygen atoms in total. The third-order valence-corrected chi connectivity index (χ3v) is 5.23. The molecular weight excluding hydrogens is 277 g/mol. The molecule has 1 fully saturated rings. The number of hydrogen-bond donors (Lipinski definition) is 1. The van der Waals surface area contributed by atoms with E-state index >= 15 is 0 Å². The lowest BCUT2D eigenvalue weighted by molar-refractivity contribution is 0.0982. The Bertz CT molecular complexity index is 436. The lowest BCUT2D eigenvalue weighted by Crippen LogP contribution is -2.50. The minimum atomic E-state index is 0.249. The zero-order valence-corrected chi connectivity index (χ0v) is 13.5. The summed E-state index contributed by atoms with van der Waals surface area (Å²) in [6, 6.07) is 6.12. The summed E-state index contributed by atoms with van der Waals surface area (Å²) in [5.74, 6) is 1.59. The van der Waals surface area contributed by atoms with Crippen LogP contribution in [0.4, 0.5) is 0 Å². The van der Waals surface area contributed by atoms with Crippen LogP contribution in [-0.2, 0) is 5.41 Å². The molecule has 1 aromatic carbocycles. The molecule has 0 amide bonds. The summed E-state index contributed by atoms with van der Waals surface area (Å²) in [5, 5.41) is 4.82. The number of rotatable bonds is 5. The molecule has 0 bridgehead atoms. The number of halogens is 2. The Hall–Kier alpha value is -0.240. The van der Waals surface area contributed by atoms with Crippen LogP contribution in [0.25, 0.3) is 0 Å². The minimum absolute atomic E-state index is 0.249. The topological polar surface area (TPSA) is 12.0 Å². The predicted molar refractivity (Wildman–Crippen MR) is 84.2 cm³/mol. The predicted octanol–water partition coefficient (Wildman–Crippen LogP) is 4.91. The van der Waals surface area contributed by atoms with Gasteiger partial charge in [0.05, 0.1) is 10.0 Å². The third-order valence-electron chi connectivity index (χ3n) is 4.49. The van der Waals surface area contributed by atoms with Crippen molar-refractivity contribution >= 4 is 23.2 Å². The first kappa shape index (κ1) is 15.2. The minimum Gasteiger partial charge on any atom is -0.316 e. The molecule has 19 heavy (non-hydrogen) atoms. The summed E-state index contributed by atoms with van der Waals surface area (Å²) in [6.07, 6.45) is 2.49. The van der Waals surface area contributed by atoms with Gasteiger partial charge in [-0.15, -0.1) is 0 Å². The fourth-order valence-electron chi connectivity index (χ4n) is 3.09. The summed E-state index contributed by atoms with van der Waals surface area (Å²) >= 11 is 12.2. The Morgan fingerprint density at radius 2 is 1.95 bits per heavy atom. The Morgan fingerprint density at radius 3 is 2.47 bits per heavy atom. The highest BCUT2D eigenvalue weighted by Gasteiger charge is 2.46. The van der Waals surface area contributed by atoms with E-state index in [9.17, 15) is 0 Å². The number of benzene rings is 1. The molecule has 1 N–H and O–H groups in total. The standard InChI is InChI=1S/C16H23Cl2N/c1-4-19-10-16(8-12(9-16)11(2)3)13-5-6-14(17)15(18)7-13/h5-7,11-12,19H,4,8-10H2,1-3H3. The van der Waals surface area contributed by atoms with Crippen LogP contribution in [0.1, 0.15) is 39.2 Å². The highest BCUT2D eigenvalue weighted by molar-refractivity contribution is 6.42. The molecule has 0 saturated heterocycles. The molecule has 0 radical (unpaired) electrons. The third kappa shape index (κ3) is 3.09. The molecule has 106 valence electrons. The van der Waals surface area contributed by atoms with Crippen molar-refractivity contribution in [3.63, 3.8) is 0 Å². The maximum atomic E-state index is 6.18. The second kappa shape index (κ2) is 6.03. The van der Waals surface area contributed by atoms with Gasteiger partial charge in [-0.1, -0.05) is 50.0 Å². The largest absolute Gasteiger partial charge is 0.316 e. The normalized spacial score (nSPS) is 26.5. The average Bonchev–Trinajstić information content (AvgIpc) is 2.31. The van der Waals surface area contributed by atoms with Gasteiger partial charge in [-0.3, -0.25) is 0 Å². The lowest BCUT2D eigenvalue weighted by Gasteiger charge is -2.50. The molecule has 3 heteroatoms. The lowest BCUT2D eigenvalue weighted by atomic mass is 9.56. The molecule has 1 aliphatic rings. The molecule has 1 aliphatic carbocycles. The van der Waals surface area contributed by atoms with Crippen molar-refractivity contribution in [1.29, 1.82) is 0 Å². The van der Waals surface area contributed by atoms with Gasteiger partial charge in [-0.25, -0.2) is 0 Å². The van der Waals surface area contributed by atoms with E-state index in [0.717, 1.165) is 24.9 Å². The van der Waals surface area contributed by atoms with Crippen LogP contribution in [0.5, 0.6) is 0 Å². The molecule has 0 unspecified atom stereocenters. The molecule has 2 rings (SSSR count). The fourth-order valence-corrected chi connectivity index (χ4v) is 3.39. The molecule has 0 atom stereocenters. The summed E-state index contributed by atoms with van der Waals surface area (Å²) < 4.78 is 0. The Morgan fingerprint density at radius 1 is 1.26 bits per heavy atom. The van der Waals surface area contributed by atoms with Crippen LogP contribution in [0.2, 0.25) is 10.0 Å². The monoisotopic (exact) mass is 299 g/mol. The summed E-state index contributed by atoms with van der Waals surface area (Å²) in [4.78, 5) is 0. The van der Waals surface area contributed by atoms with Crippen LogP contribution >= 0.6 is 23.2 Å². The van der Waals surface area contributed by atoms with Crippen LogP contribution in [0, 0.1) is 11.8 Å². The molecule has 0 aromatic heterocycles. The number of likely N-dealkylation sites (N-methyl/N-ethyl adjacent to an activating group) is 1. The van der Waals surface area contributed by atoms with Crippen LogP contribution < -0.4 is 5.32 Å². The number of hydrogen-bond acceptors (Lipinski definition) is 1. The molecule has 1 saturated carbocycles. The Labute approximate surface area is 126 Å². The summed E-state index contributed by atoms with van der Waals surface area (Å²) in [5.41, 5.74) is 1.58. The van der Waals surface area contributed by atoms with Crippen molar-refractivity contribution in [2.75, 3.05) is 13.1 Å². The van der Waals surface area contributed by atoms with Crippen LogP contribution in [-0.4, -0.2) is 13.1 Å². The van der Waals surface area contributed by atoms with Gasteiger partial charge in [0.2, 0.25) is 0 Å². The molecule has 0 heterocycles. The molecule has 0 spiro atoms. The van der Waals surface area contributed by atoms with Gasteiger partial charge in [0.1, 0.15) is 0 Å². The second-order valence-electron chi connectivity index (χ2n) is 6.10. The Balaban J connectivity index is 2.21. The van der Waals surface area contributed by atoms with Crippen molar-refractivity contribution < 1.29 is 0 Å². The van der Waals surface area contributed by atoms with Gasteiger partial charge in [-0.05, 0) is 48.9 Å². The SMILES string of the molecule is CCNCC1(c2ccc(Cl)c(Cl)c2)CC(C(C)C)C1. The van der Waals surface area contributed by atoms with Gasteiger partial charge in [-0.2, -0.15) is 0 Å². The van der Waals surface area contributed by atoms with E-state index in [4.69, 9.17) is 23.2 Å². The second-order valence-corrected chi connectivity index (χ2v) is 6.92. The smallest absolute Gasteiger partial charge is 0.0595 e. The zero-order valence-electron chi connectivity index (χ0n) is 12.0. The zero-order chi connectivity index (χ0) is 14.0. The molecule has 0 aliphatic heterocycles. The van der Waals surface area contributed by atoms with E-state index in [2.05, 4.69) is 38.2 Å². The first-order chi connectivity index (χ1) is 8.98. The van der Waals surface area contributed by atoms with Crippen molar-refractivity contribution in [3.8, 4) is 0 Å². The quantitative estimate of drug-likeness (QED) is 0.815. The van der Waals surface area contributed by atoms with Crippen molar-refractivity contribution in [3.05, 3.63) is 33.8 Å².